The van der Waals surface area contributed by atoms with E-state index >= 15 is 0 Å². The third-order valence-electron chi connectivity index (χ3n) is 7.82. The van der Waals surface area contributed by atoms with Crippen LogP contribution in [-0.2, 0) is 19.1 Å². The van der Waals surface area contributed by atoms with E-state index in [2.05, 4.69) is 6.58 Å². The van der Waals surface area contributed by atoms with Gasteiger partial charge in [0.15, 0.2) is 0 Å². The number of aliphatic hydroxyl groups excluding tert-OH is 1. The van der Waals surface area contributed by atoms with E-state index in [-0.39, 0.29) is 19.1 Å². The number of anilines is 1. The Morgan fingerprint density at radius 1 is 1.41 bits per heavy atom. The first-order valence-electron chi connectivity index (χ1n) is 11.7. The highest BCUT2D eigenvalue weighted by Crippen LogP contribution is 2.59. The summed E-state index contributed by atoms with van der Waals surface area (Å²) in [5.41, 5.74) is -0.795. The Labute approximate surface area is 204 Å². The number of para-hydroxylation sites is 1. The lowest BCUT2D eigenvalue weighted by Crippen LogP contribution is -2.60. The fourth-order valence-corrected chi connectivity index (χ4v) is 6.32. The molecule has 2 unspecified atom stereocenters. The summed E-state index contributed by atoms with van der Waals surface area (Å²) >= 11 is 6.43. The van der Waals surface area contributed by atoms with E-state index in [1.54, 1.807) is 30.3 Å². The van der Waals surface area contributed by atoms with Gasteiger partial charge < -0.3 is 24.7 Å². The average molecular weight is 491 g/mol. The van der Waals surface area contributed by atoms with Crippen molar-refractivity contribution in [3.63, 3.8) is 0 Å². The molecule has 3 fully saturated rings. The third-order valence-corrected chi connectivity index (χ3v) is 8.14. The number of amides is 2. The minimum atomic E-state index is -1.26. The van der Waals surface area contributed by atoms with Gasteiger partial charge in [0.1, 0.15) is 11.6 Å². The van der Waals surface area contributed by atoms with Crippen LogP contribution in [0.3, 0.4) is 0 Å². The zero-order valence-electron chi connectivity index (χ0n) is 19.4. The van der Waals surface area contributed by atoms with Crippen LogP contribution in [0.1, 0.15) is 33.1 Å². The summed E-state index contributed by atoms with van der Waals surface area (Å²) in [4.78, 5) is 43.2. The molecule has 2 bridgehead atoms. The quantitative estimate of drug-likeness (QED) is 0.515. The van der Waals surface area contributed by atoms with Crippen molar-refractivity contribution in [3.8, 4) is 0 Å². The van der Waals surface area contributed by atoms with Crippen molar-refractivity contribution in [3.05, 3.63) is 41.9 Å². The van der Waals surface area contributed by atoms with E-state index in [9.17, 15) is 24.6 Å². The molecule has 3 aliphatic rings. The van der Waals surface area contributed by atoms with Crippen molar-refractivity contribution in [2.45, 2.75) is 56.9 Å². The number of rotatable bonds is 9. The zero-order valence-corrected chi connectivity index (χ0v) is 20.1. The van der Waals surface area contributed by atoms with Crippen molar-refractivity contribution in [1.82, 2.24) is 4.90 Å². The largest absolute Gasteiger partial charge is 0.481 e. The topological polar surface area (TPSA) is 107 Å². The Kier molecular flexibility index (Phi) is 6.77. The molecule has 184 valence electrons. The van der Waals surface area contributed by atoms with Crippen molar-refractivity contribution >= 4 is 35.1 Å². The van der Waals surface area contributed by atoms with Crippen LogP contribution in [0.25, 0.3) is 0 Å². The molecule has 3 aliphatic heterocycles. The Hall–Kier alpha value is -2.42. The van der Waals surface area contributed by atoms with Gasteiger partial charge in [-0.25, -0.2) is 0 Å². The second-order valence-electron chi connectivity index (χ2n) is 9.46. The second-order valence-corrected chi connectivity index (χ2v) is 9.87. The van der Waals surface area contributed by atoms with Crippen LogP contribution in [0.4, 0.5) is 5.69 Å². The molecule has 2 N–H and O–H groups in total. The molecule has 8 nitrogen and oxygen atoms in total. The van der Waals surface area contributed by atoms with Gasteiger partial charge in [-0.05, 0) is 30.9 Å². The molecule has 7 atom stereocenters. The zero-order chi connectivity index (χ0) is 24.8. The molecule has 0 aromatic heterocycles. The van der Waals surface area contributed by atoms with Gasteiger partial charge in [-0.1, -0.05) is 50.1 Å². The molecule has 2 amide bonds. The lowest BCUT2D eigenvalue weighted by Gasteiger charge is -2.41. The van der Waals surface area contributed by atoms with E-state index in [1.807, 2.05) is 13.8 Å². The van der Waals surface area contributed by atoms with E-state index in [1.165, 1.54) is 9.80 Å². The second kappa shape index (κ2) is 9.32. The highest BCUT2D eigenvalue weighted by Gasteiger charge is 2.75. The van der Waals surface area contributed by atoms with E-state index < -0.39 is 53.4 Å². The fourth-order valence-electron chi connectivity index (χ4n) is 6.08. The summed E-state index contributed by atoms with van der Waals surface area (Å²) < 4.78 is 6.26. The number of halogens is 1. The van der Waals surface area contributed by atoms with Crippen molar-refractivity contribution in [2.24, 2.45) is 17.8 Å². The molecule has 4 rings (SSSR count). The molecule has 34 heavy (non-hydrogen) atoms. The molecule has 3 saturated heterocycles. The monoisotopic (exact) mass is 490 g/mol. The van der Waals surface area contributed by atoms with Crippen molar-refractivity contribution in [2.75, 3.05) is 18.1 Å². The number of aliphatic hydroxyl groups is 1. The van der Waals surface area contributed by atoms with E-state index in [4.69, 9.17) is 16.3 Å². The highest BCUT2D eigenvalue weighted by molar-refractivity contribution is 6.34. The van der Waals surface area contributed by atoms with Crippen LogP contribution in [0, 0.1) is 17.8 Å². The Balaban J connectivity index is 1.86. The van der Waals surface area contributed by atoms with Gasteiger partial charge >= 0.3 is 5.97 Å². The molecule has 1 aromatic carbocycles. The molecular weight excluding hydrogens is 460 g/mol. The van der Waals surface area contributed by atoms with Crippen LogP contribution in [0.15, 0.2) is 36.9 Å². The summed E-state index contributed by atoms with van der Waals surface area (Å²) in [5, 5.41) is 20.6. The van der Waals surface area contributed by atoms with Crippen LogP contribution in [-0.4, -0.2) is 69.8 Å². The number of fused-ring (bicyclic) bond motifs is 1. The van der Waals surface area contributed by atoms with E-state index in [0.29, 0.717) is 30.0 Å². The first kappa shape index (κ1) is 24.7. The first-order valence-corrected chi connectivity index (χ1v) is 12.1. The van der Waals surface area contributed by atoms with Crippen molar-refractivity contribution in [1.29, 1.82) is 0 Å². The number of aliphatic carboxylic acids is 1. The minimum Gasteiger partial charge on any atom is -0.481 e. The summed E-state index contributed by atoms with van der Waals surface area (Å²) in [7, 11) is 0. The maximum atomic E-state index is 14.3. The standard InChI is InChI=1S/C25H31ClN2O6/c1-4-12-27(16-9-7-6-8-15(16)26)23(31)21-25-11-10-18(34-25)19(24(32)33)20(25)22(30)28(21)17(13-29)14(3)5-2/h4,6-9,14,17-21,29H,1,5,10-13H2,2-3H3,(H,32,33)/t14-,17-,18+,19-,20-,21?,25?/m0/s1. The minimum absolute atomic E-state index is 0.117. The Morgan fingerprint density at radius 3 is 2.71 bits per heavy atom. The number of carboxylic acid groups (broad SMARTS) is 1. The van der Waals surface area contributed by atoms with Crippen molar-refractivity contribution < 1.29 is 29.3 Å². The molecule has 9 heteroatoms. The maximum Gasteiger partial charge on any atom is 0.310 e. The highest BCUT2D eigenvalue weighted by atomic mass is 35.5. The van der Waals surface area contributed by atoms with E-state index in [0.717, 1.165) is 0 Å². The van der Waals surface area contributed by atoms with Crippen LogP contribution in [0.2, 0.25) is 5.02 Å². The number of carbonyl (C=O) groups excluding carboxylic acids is 2. The average Bonchev–Trinajstić information content (AvgIpc) is 3.46. The third kappa shape index (κ3) is 3.54. The van der Waals surface area contributed by atoms with Crippen LogP contribution < -0.4 is 4.90 Å². The molecule has 1 aromatic rings. The molecule has 0 aliphatic carbocycles. The predicted octanol–water partition coefficient (Wildman–Crippen LogP) is 2.73. The number of hydrogen-bond donors (Lipinski definition) is 2. The smallest absolute Gasteiger partial charge is 0.310 e. The lowest BCUT2D eigenvalue weighted by atomic mass is 9.70. The van der Waals surface area contributed by atoms with Gasteiger partial charge in [0.25, 0.3) is 5.91 Å². The normalized spacial score (nSPS) is 31.3. The van der Waals surface area contributed by atoms with Gasteiger partial charge in [-0.3, -0.25) is 14.4 Å². The Bertz CT molecular complexity index is 1000. The number of likely N-dealkylation sites (tertiary alicyclic amines) is 1. The number of hydrogen-bond acceptors (Lipinski definition) is 5. The number of carboxylic acids is 1. The summed E-state index contributed by atoms with van der Waals surface area (Å²) in [5.74, 6) is -4.08. The number of benzene rings is 1. The number of carbonyl (C=O) groups is 3. The molecule has 0 radical (unpaired) electrons. The number of nitrogens with zero attached hydrogens (tertiary/aromatic N) is 2. The number of ether oxygens (including phenoxy) is 1. The van der Waals surface area contributed by atoms with Crippen LogP contribution >= 0.6 is 11.6 Å². The fraction of sp³-hybridized carbons (Fsp3) is 0.560. The summed E-state index contributed by atoms with van der Waals surface area (Å²) in [6, 6.07) is 5.17. The summed E-state index contributed by atoms with van der Waals surface area (Å²) in [6.45, 7) is 7.42. The molecule has 1 spiro atoms. The van der Waals surface area contributed by atoms with Gasteiger partial charge in [0.2, 0.25) is 5.91 Å². The molecule has 0 saturated carbocycles. The maximum absolute atomic E-state index is 14.3. The van der Waals surface area contributed by atoms with Gasteiger partial charge in [-0.2, -0.15) is 0 Å². The van der Waals surface area contributed by atoms with Gasteiger partial charge in [0.05, 0.1) is 41.3 Å². The predicted molar refractivity (Wildman–Crippen MR) is 126 cm³/mol. The van der Waals surface area contributed by atoms with Gasteiger partial charge in [-0.15, -0.1) is 6.58 Å². The molecule has 3 heterocycles. The van der Waals surface area contributed by atoms with Gasteiger partial charge in [0, 0.05) is 6.54 Å². The first-order chi connectivity index (χ1) is 16.2. The lowest BCUT2D eigenvalue weighted by molar-refractivity contribution is -0.151. The van der Waals surface area contributed by atoms with Crippen LogP contribution in [0.5, 0.6) is 0 Å². The Morgan fingerprint density at radius 2 is 2.12 bits per heavy atom. The molecular formula is C25H31ClN2O6. The SMILES string of the molecule is C=CCN(C(=O)C1N([C@@H](CO)[C@@H](C)CC)C(=O)[C@@H]2[C@@H](C(=O)O)[C@H]3CCC12O3)c1ccccc1Cl. The summed E-state index contributed by atoms with van der Waals surface area (Å²) in [6.07, 6.45) is 2.48.